The van der Waals surface area contributed by atoms with Crippen molar-refractivity contribution in [2.45, 2.75) is 13.3 Å². The Morgan fingerprint density at radius 1 is 1.08 bits per heavy atom. The van der Waals surface area contributed by atoms with Gasteiger partial charge in [-0.2, -0.15) is 0 Å². The minimum Gasteiger partial charge on any atom is -0.496 e. The van der Waals surface area contributed by atoms with E-state index in [2.05, 4.69) is 10.9 Å². The van der Waals surface area contributed by atoms with Crippen molar-refractivity contribution in [3.05, 3.63) is 58.6 Å². The lowest BCUT2D eigenvalue weighted by molar-refractivity contribution is -0.129. The molecule has 0 aliphatic heterocycles. The summed E-state index contributed by atoms with van der Waals surface area (Å²) in [5.74, 6) is 0.274. The highest BCUT2D eigenvalue weighted by Crippen LogP contribution is 2.22. The van der Waals surface area contributed by atoms with Gasteiger partial charge in [0.25, 0.3) is 5.91 Å². The third-order valence-corrected chi connectivity index (χ3v) is 3.53. The van der Waals surface area contributed by atoms with Crippen molar-refractivity contribution in [3.63, 3.8) is 0 Å². The third kappa shape index (κ3) is 6.00. The van der Waals surface area contributed by atoms with Gasteiger partial charge >= 0.3 is 0 Å². The first-order valence-electron chi connectivity index (χ1n) is 7.57. The summed E-state index contributed by atoms with van der Waals surface area (Å²) < 4.78 is 10.5. The van der Waals surface area contributed by atoms with Crippen molar-refractivity contribution in [1.82, 2.24) is 10.9 Å². The molecule has 0 heterocycles. The number of carbonyl (C=O) groups excluding carboxylic acids is 2. The molecule has 25 heavy (non-hydrogen) atoms. The lowest BCUT2D eigenvalue weighted by Crippen LogP contribution is -2.44. The van der Waals surface area contributed by atoms with Gasteiger partial charge in [0, 0.05) is 10.6 Å². The van der Waals surface area contributed by atoms with Crippen LogP contribution >= 0.6 is 11.6 Å². The van der Waals surface area contributed by atoms with Crippen LogP contribution in [-0.2, 0) is 16.0 Å². The molecule has 0 spiro atoms. The fourth-order valence-corrected chi connectivity index (χ4v) is 2.33. The van der Waals surface area contributed by atoms with Crippen LogP contribution in [-0.4, -0.2) is 25.5 Å². The average Bonchev–Trinajstić information content (AvgIpc) is 2.58. The van der Waals surface area contributed by atoms with Crippen molar-refractivity contribution in [2.75, 3.05) is 13.7 Å². The fraction of sp³-hybridized carbons (Fsp3) is 0.222. The number of ether oxygens (including phenoxy) is 2. The van der Waals surface area contributed by atoms with Gasteiger partial charge in [0.05, 0.1) is 13.5 Å². The molecule has 2 amide bonds. The van der Waals surface area contributed by atoms with Crippen LogP contribution in [0.4, 0.5) is 0 Å². The highest BCUT2D eigenvalue weighted by Gasteiger charge is 2.11. The molecule has 0 aromatic heterocycles. The Morgan fingerprint density at radius 2 is 1.84 bits per heavy atom. The fourth-order valence-electron chi connectivity index (χ4n) is 2.13. The third-order valence-electron chi connectivity index (χ3n) is 3.29. The van der Waals surface area contributed by atoms with E-state index in [0.717, 1.165) is 5.56 Å². The molecule has 2 N–H and O–H groups in total. The molecule has 2 aromatic carbocycles. The van der Waals surface area contributed by atoms with Crippen LogP contribution in [0.1, 0.15) is 11.1 Å². The number of benzene rings is 2. The summed E-state index contributed by atoms with van der Waals surface area (Å²) in [6, 6.07) is 12.3. The zero-order chi connectivity index (χ0) is 18.2. The van der Waals surface area contributed by atoms with Crippen LogP contribution in [0.25, 0.3) is 0 Å². The summed E-state index contributed by atoms with van der Waals surface area (Å²) in [6.45, 7) is 1.72. The van der Waals surface area contributed by atoms with Crippen molar-refractivity contribution >= 4 is 23.4 Å². The second-order valence-corrected chi connectivity index (χ2v) is 5.77. The van der Waals surface area contributed by atoms with E-state index in [4.69, 9.17) is 21.1 Å². The number of halogens is 1. The first kappa shape index (κ1) is 18.6. The van der Waals surface area contributed by atoms with Crippen molar-refractivity contribution < 1.29 is 19.1 Å². The summed E-state index contributed by atoms with van der Waals surface area (Å²) in [5, 5.41) is 0.499. The minimum absolute atomic E-state index is 0.0166. The summed E-state index contributed by atoms with van der Waals surface area (Å²) in [7, 11) is 1.51. The summed E-state index contributed by atoms with van der Waals surface area (Å²) in [6.07, 6.45) is 0.0166. The first-order valence-corrected chi connectivity index (χ1v) is 7.95. The standard InChI is InChI=1S/C18H19ClN2O4/c1-12-4-3-5-15(8-12)25-11-18(23)21-20-17(22)10-13-9-14(19)6-7-16(13)24-2/h3-9H,10-11H2,1-2H3,(H,20,22)(H,21,23). The van der Waals surface area contributed by atoms with Gasteiger partial charge in [0.2, 0.25) is 5.91 Å². The maximum atomic E-state index is 11.9. The highest BCUT2D eigenvalue weighted by molar-refractivity contribution is 6.30. The number of carbonyl (C=O) groups is 2. The average molecular weight is 363 g/mol. The maximum Gasteiger partial charge on any atom is 0.276 e. The Kier molecular flexibility index (Phi) is 6.65. The van der Waals surface area contributed by atoms with Crippen LogP contribution in [0.3, 0.4) is 0 Å². The van der Waals surface area contributed by atoms with Gasteiger partial charge in [-0.3, -0.25) is 20.4 Å². The summed E-state index contributed by atoms with van der Waals surface area (Å²) >= 11 is 5.92. The molecule has 0 saturated heterocycles. The van der Waals surface area contributed by atoms with E-state index in [9.17, 15) is 9.59 Å². The lowest BCUT2D eigenvalue weighted by atomic mass is 10.1. The molecule has 0 bridgehead atoms. The minimum atomic E-state index is -0.465. The number of aryl methyl sites for hydroxylation is 1. The summed E-state index contributed by atoms with van der Waals surface area (Å²) in [4.78, 5) is 23.7. The van der Waals surface area contributed by atoms with E-state index in [1.54, 1.807) is 24.3 Å². The molecule has 0 aliphatic carbocycles. The van der Waals surface area contributed by atoms with Gasteiger partial charge < -0.3 is 9.47 Å². The molecule has 0 fully saturated rings. The SMILES string of the molecule is COc1ccc(Cl)cc1CC(=O)NNC(=O)COc1cccc(C)c1. The molecular weight excluding hydrogens is 344 g/mol. The normalized spacial score (nSPS) is 10.0. The van der Waals surface area contributed by atoms with Gasteiger partial charge in [-0.15, -0.1) is 0 Å². The molecule has 2 aromatic rings. The molecular formula is C18H19ClN2O4. The zero-order valence-corrected chi connectivity index (χ0v) is 14.7. The Morgan fingerprint density at radius 3 is 2.56 bits per heavy atom. The number of hydrazine groups is 1. The monoisotopic (exact) mass is 362 g/mol. The van der Waals surface area contributed by atoms with Gasteiger partial charge in [-0.25, -0.2) is 0 Å². The number of nitrogens with one attached hydrogen (secondary N) is 2. The number of rotatable bonds is 6. The molecule has 0 saturated carbocycles. The second-order valence-electron chi connectivity index (χ2n) is 5.33. The number of amides is 2. The van der Waals surface area contributed by atoms with E-state index in [1.807, 2.05) is 25.1 Å². The molecule has 0 radical (unpaired) electrons. The predicted octanol–water partition coefficient (Wildman–Crippen LogP) is 2.43. The summed E-state index contributed by atoms with van der Waals surface area (Å²) in [5.41, 5.74) is 6.29. The zero-order valence-electron chi connectivity index (χ0n) is 14.0. The molecule has 132 valence electrons. The smallest absolute Gasteiger partial charge is 0.276 e. The maximum absolute atomic E-state index is 11.9. The van der Waals surface area contributed by atoms with Crippen molar-refractivity contribution in [3.8, 4) is 11.5 Å². The predicted molar refractivity (Wildman–Crippen MR) is 94.7 cm³/mol. The van der Waals surface area contributed by atoms with Crippen LogP contribution in [0.5, 0.6) is 11.5 Å². The number of methoxy groups -OCH3 is 1. The molecule has 2 rings (SSSR count). The first-order chi connectivity index (χ1) is 12.0. The molecule has 0 aliphatic rings. The van der Waals surface area contributed by atoms with Crippen molar-refractivity contribution in [2.24, 2.45) is 0 Å². The lowest BCUT2D eigenvalue weighted by Gasteiger charge is -2.11. The van der Waals surface area contributed by atoms with E-state index in [-0.39, 0.29) is 13.0 Å². The van der Waals surface area contributed by atoms with Crippen LogP contribution in [0.15, 0.2) is 42.5 Å². The van der Waals surface area contributed by atoms with Crippen molar-refractivity contribution in [1.29, 1.82) is 0 Å². The number of hydrogen-bond donors (Lipinski definition) is 2. The Bertz CT molecular complexity index is 764. The molecule has 0 unspecified atom stereocenters. The van der Waals surface area contributed by atoms with Gasteiger partial charge in [-0.05, 0) is 42.8 Å². The molecule has 7 heteroatoms. The second kappa shape index (κ2) is 8.94. The molecule has 6 nitrogen and oxygen atoms in total. The largest absolute Gasteiger partial charge is 0.496 e. The highest BCUT2D eigenvalue weighted by atomic mass is 35.5. The van der Waals surface area contributed by atoms with Gasteiger partial charge in [0.15, 0.2) is 6.61 Å². The van der Waals surface area contributed by atoms with Crippen LogP contribution in [0.2, 0.25) is 5.02 Å². The molecule has 0 atom stereocenters. The Labute approximate surface area is 151 Å². The van der Waals surface area contributed by atoms with Crippen LogP contribution < -0.4 is 20.3 Å². The Hall–Kier alpha value is -2.73. The van der Waals surface area contributed by atoms with Gasteiger partial charge in [-0.1, -0.05) is 23.7 Å². The van der Waals surface area contributed by atoms with Gasteiger partial charge in [0.1, 0.15) is 11.5 Å². The number of hydrogen-bond acceptors (Lipinski definition) is 4. The van der Waals surface area contributed by atoms with E-state index in [0.29, 0.717) is 22.1 Å². The van der Waals surface area contributed by atoms with E-state index < -0.39 is 11.8 Å². The quantitative estimate of drug-likeness (QED) is 0.774. The van der Waals surface area contributed by atoms with Crippen LogP contribution in [0, 0.1) is 6.92 Å². The van der Waals surface area contributed by atoms with E-state index in [1.165, 1.54) is 7.11 Å². The Balaban J connectivity index is 1.79. The topological polar surface area (TPSA) is 76.7 Å². The van der Waals surface area contributed by atoms with E-state index >= 15 is 0 Å².